The van der Waals surface area contributed by atoms with Gasteiger partial charge in [-0.25, -0.2) is 0 Å². The third-order valence-corrected chi connectivity index (χ3v) is 2.50. The molecule has 0 radical (unpaired) electrons. The fraction of sp³-hybridized carbons (Fsp3) is 1.00. The van der Waals surface area contributed by atoms with Gasteiger partial charge in [0, 0.05) is 0 Å². The Labute approximate surface area is 101 Å². The van der Waals surface area contributed by atoms with Gasteiger partial charge < -0.3 is 9.84 Å². The van der Waals surface area contributed by atoms with Gasteiger partial charge in [0.05, 0.1) is 19.3 Å². The fourth-order valence-corrected chi connectivity index (χ4v) is 2.01. The van der Waals surface area contributed by atoms with Crippen molar-refractivity contribution in [2.45, 2.75) is 60.0 Å². The first-order valence-corrected chi connectivity index (χ1v) is 6.67. The Kier molecular flexibility index (Phi) is 8.96. The van der Waals surface area contributed by atoms with Gasteiger partial charge in [0.15, 0.2) is 0 Å². The van der Waals surface area contributed by atoms with Gasteiger partial charge in [0.1, 0.15) is 0 Å². The molecule has 1 saturated heterocycles. The molecule has 2 heteroatoms. The maximum Gasteiger partial charge on any atom is 0.0701 e. The van der Waals surface area contributed by atoms with Crippen LogP contribution in [0.5, 0.6) is 0 Å². The number of aliphatic hydroxyl groups excluding tert-OH is 1. The summed E-state index contributed by atoms with van der Waals surface area (Å²) in [6, 6.07) is 0. The predicted molar refractivity (Wildman–Crippen MR) is 69.5 cm³/mol. The first-order chi connectivity index (χ1) is 7.41. The van der Waals surface area contributed by atoms with E-state index in [0.717, 1.165) is 32.0 Å². The minimum absolute atomic E-state index is 0.0891. The highest BCUT2D eigenvalue weighted by molar-refractivity contribution is 4.64. The van der Waals surface area contributed by atoms with E-state index in [1.165, 1.54) is 6.42 Å². The zero-order chi connectivity index (χ0) is 12.6. The van der Waals surface area contributed by atoms with E-state index in [4.69, 9.17) is 0 Å². The van der Waals surface area contributed by atoms with Crippen LogP contribution in [0.2, 0.25) is 0 Å². The van der Waals surface area contributed by atoms with Crippen LogP contribution < -0.4 is 0 Å². The van der Waals surface area contributed by atoms with E-state index in [-0.39, 0.29) is 6.10 Å². The van der Waals surface area contributed by atoms with Gasteiger partial charge in [-0.1, -0.05) is 34.6 Å². The summed E-state index contributed by atoms with van der Waals surface area (Å²) in [4.78, 5) is 0. The van der Waals surface area contributed by atoms with Crippen molar-refractivity contribution in [1.82, 2.24) is 0 Å². The van der Waals surface area contributed by atoms with Gasteiger partial charge in [-0.2, -0.15) is 0 Å². The molecule has 0 saturated carbocycles. The number of hydrogen-bond acceptors (Lipinski definition) is 2. The lowest BCUT2D eigenvalue weighted by Gasteiger charge is -2.19. The largest absolute Gasteiger partial charge is 0.393 e. The van der Waals surface area contributed by atoms with Crippen LogP contribution in [0.1, 0.15) is 53.9 Å². The third kappa shape index (κ3) is 13.9. The molecule has 2 nitrogen and oxygen atoms in total. The Morgan fingerprint density at radius 3 is 1.62 bits per heavy atom. The second kappa shape index (κ2) is 9.00. The van der Waals surface area contributed by atoms with E-state index >= 15 is 0 Å². The highest BCUT2D eigenvalue weighted by Crippen LogP contribution is 2.19. The molecule has 1 heterocycles. The fourth-order valence-electron chi connectivity index (χ4n) is 2.01. The van der Waals surface area contributed by atoms with Crippen LogP contribution in [0, 0.1) is 17.8 Å². The molecule has 1 rings (SSSR count). The molecule has 2 unspecified atom stereocenters. The molecule has 0 aromatic carbocycles. The summed E-state index contributed by atoms with van der Waals surface area (Å²) in [6.07, 6.45) is 3.06. The molecule has 0 spiro atoms. The number of ether oxygens (including phenoxy) is 1. The molecule has 0 aromatic heterocycles. The Hall–Kier alpha value is -0.0800. The standard InChI is InChI=1S/C12H26O.C2H4O/c1-9(2)6-11(5)8-12(13)7-10(3)4;1-2-3-1/h9-13H,6-8H2,1-5H3;1-2H2. The maximum atomic E-state index is 9.70. The molecule has 98 valence electrons. The van der Waals surface area contributed by atoms with Crippen molar-refractivity contribution in [3.63, 3.8) is 0 Å². The summed E-state index contributed by atoms with van der Waals surface area (Å²) in [5.74, 6) is 2.02. The zero-order valence-corrected chi connectivity index (χ0v) is 11.7. The summed E-state index contributed by atoms with van der Waals surface area (Å²) >= 11 is 0. The molecule has 0 bridgehead atoms. The topological polar surface area (TPSA) is 32.8 Å². The molecular formula is C14H30O2. The Morgan fingerprint density at radius 2 is 1.31 bits per heavy atom. The van der Waals surface area contributed by atoms with Gasteiger partial charge in [-0.05, 0) is 37.0 Å². The summed E-state index contributed by atoms with van der Waals surface area (Å²) in [5, 5.41) is 9.70. The zero-order valence-electron chi connectivity index (χ0n) is 11.7. The van der Waals surface area contributed by atoms with Gasteiger partial charge >= 0.3 is 0 Å². The van der Waals surface area contributed by atoms with Crippen molar-refractivity contribution in [1.29, 1.82) is 0 Å². The number of aliphatic hydroxyl groups is 1. The minimum atomic E-state index is -0.0891. The first kappa shape index (κ1) is 15.9. The predicted octanol–water partition coefficient (Wildman–Crippen LogP) is 3.48. The summed E-state index contributed by atoms with van der Waals surface area (Å²) in [6.45, 7) is 13.0. The highest BCUT2D eigenvalue weighted by Gasteiger charge is 2.12. The van der Waals surface area contributed by atoms with Crippen LogP contribution in [-0.4, -0.2) is 24.4 Å². The molecule has 16 heavy (non-hydrogen) atoms. The summed E-state index contributed by atoms with van der Waals surface area (Å²) in [7, 11) is 0. The van der Waals surface area contributed by atoms with Crippen LogP contribution in [0.4, 0.5) is 0 Å². The normalized spacial score (nSPS) is 18.0. The van der Waals surface area contributed by atoms with Crippen molar-refractivity contribution < 1.29 is 9.84 Å². The average molecular weight is 230 g/mol. The molecular weight excluding hydrogens is 200 g/mol. The van der Waals surface area contributed by atoms with E-state index in [1.807, 2.05) is 0 Å². The lowest BCUT2D eigenvalue weighted by molar-refractivity contribution is 0.118. The highest BCUT2D eigenvalue weighted by atomic mass is 16.6. The van der Waals surface area contributed by atoms with E-state index in [0.29, 0.717) is 11.8 Å². The van der Waals surface area contributed by atoms with Crippen LogP contribution in [0.3, 0.4) is 0 Å². The quantitative estimate of drug-likeness (QED) is 0.709. The minimum Gasteiger partial charge on any atom is -0.393 e. The van der Waals surface area contributed by atoms with Crippen LogP contribution >= 0.6 is 0 Å². The van der Waals surface area contributed by atoms with E-state index in [1.54, 1.807) is 0 Å². The first-order valence-electron chi connectivity index (χ1n) is 6.67. The van der Waals surface area contributed by atoms with Crippen molar-refractivity contribution in [3.05, 3.63) is 0 Å². The molecule has 1 aliphatic heterocycles. The maximum absolute atomic E-state index is 9.70. The van der Waals surface area contributed by atoms with E-state index in [9.17, 15) is 5.11 Å². The van der Waals surface area contributed by atoms with Crippen LogP contribution in [0.25, 0.3) is 0 Å². The smallest absolute Gasteiger partial charge is 0.0701 e. The monoisotopic (exact) mass is 230 g/mol. The van der Waals surface area contributed by atoms with Gasteiger partial charge in [0.2, 0.25) is 0 Å². The molecule has 0 amide bonds. The second-order valence-electron chi connectivity index (χ2n) is 5.87. The summed E-state index contributed by atoms with van der Waals surface area (Å²) in [5.41, 5.74) is 0. The lowest BCUT2D eigenvalue weighted by atomic mass is 9.91. The molecule has 0 aliphatic carbocycles. The van der Waals surface area contributed by atoms with E-state index < -0.39 is 0 Å². The molecule has 1 fully saturated rings. The molecule has 2 atom stereocenters. The van der Waals surface area contributed by atoms with Crippen molar-refractivity contribution in [2.75, 3.05) is 13.2 Å². The third-order valence-electron chi connectivity index (χ3n) is 2.50. The van der Waals surface area contributed by atoms with Crippen LogP contribution in [-0.2, 0) is 4.74 Å². The van der Waals surface area contributed by atoms with Crippen LogP contribution in [0.15, 0.2) is 0 Å². The van der Waals surface area contributed by atoms with Crippen molar-refractivity contribution in [2.24, 2.45) is 17.8 Å². The number of epoxide rings is 1. The van der Waals surface area contributed by atoms with E-state index in [2.05, 4.69) is 39.4 Å². The lowest BCUT2D eigenvalue weighted by Crippen LogP contribution is -2.15. The Morgan fingerprint density at radius 1 is 0.875 bits per heavy atom. The average Bonchev–Trinajstić information content (AvgIpc) is 2.83. The Bertz CT molecular complexity index is 136. The van der Waals surface area contributed by atoms with Crippen molar-refractivity contribution >= 4 is 0 Å². The van der Waals surface area contributed by atoms with Crippen molar-refractivity contribution in [3.8, 4) is 0 Å². The number of rotatable bonds is 6. The second-order valence-corrected chi connectivity index (χ2v) is 5.87. The SMILES string of the molecule is C1CO1.CC(C)CC(C)CC(O)CC(C)C. The molecule has 1 N–H and O–H groups in total. The van der Waals surface area contributed by atoms with Gasteiger partial charge in [0.25, 0.3) is 0 Å². The van der Waals surface area contributed by atoms with Gasteiger partial charge in [-0.3, -0.25) is 0 Å². The summed E-state index contributed by atoms with van der Waals surface area (Å²) < 4.78 is 4.50. The Balaban J connectivity index is 0.000000635. The van der Waals surface area contributed by atoms with Gasteiger partial charge in [-0.15, -0.1) is 0 Å². The number of hydrogen-bond donors (Lipinski definition) is 1. The molecule has 0 aromatic rings. The molecule has 1 aliphatic rings.